The molecule has 0 bridgehead atoms. The molecule has 17 heavy (non-hydrogen) atoms. The number of carbonyl (C=O) groups excluding carboxylic acids is 1. The first kappa shape index (κ1) is 11.8. The number of amides is 1. The molecule has 0 unspecified atom stereocenters. The number of carbonyl (C=O) groups is 1. The Hall–Kier alpha value is -1.64. The average molecular weight is 233 g/mol. The molecule has 2 nitrogen and oxygen atoms in total. The lowest BCUT2D eigenvalue weighted by molar-refractivity contribution is -0.114. The normalized spacial score (nSPS) is 15.5. The van der Waals surface area contributed by atoms with E-state index in [2.05, 4.69) is 5.32 Å². The van der Waals surface area contributed by atoms with Crippen LogP contribution in [0.15, 0.2) is 41.7 Å². The zero-order chi connectivity index (χ0) is 12.1. The van der Waals surface area contributed by atoms with Crippen LogP contribution >= 0.6 is 0 Å². The van der Waals surface area contributed by atoms with Crippen LogP contribution in [0, 0.1) is 0 Å². The van der Waals surface area contributed by atoms with Crippen molar-refractivity contribution in [3.63, 3.8) is 0 Å². The number of benzene rings is 1. The molecule has 1 aromatic rings. The summed E-state index contributed by atoms with van der Waals surface area (Å²) in [5.74, 6) is -1.21. The Morgan fingerprint density at radius 1 is 1.06 bits per heavy atom. The third-order valence-electron chi connectivity index (χ3n) is 3.00. The zero-order valence-electron chi connectivity index (χ0n) is 9.71. The number of anilines is 1. The van der Waals surface area contributed by atoms with E-state index >= 15 is 0 Å². The standard InChI is InChI=1S/C14H16FNO/c15-13(11-7-3-1-4-8-11)14(17)16-12-9-5-2-6-10-12/h2,5-6,9-10H,1,3-4,7-8H2,(H,16,17). The number of allylic oxidation sites excluding steroid dienone is 1. The fraction of sp³-hybridized carbons (Fsp3) is 0.357. The lowest BCUT2D eigenvalue weighted by Gasteiger charge is -2.14. The number of hydrogen-bond donors (Lipinski definition) is 1. The maximum absolute atomic E-state index is 13.8. The van der Waals surface area contributed by atoms with Gasteiger partial charge in [-0.1, -0.05) is 24.6 Å². The average Bonchev–Trinajstić information content (AvgIpc) is 2.40. The SMILES string of the molecule is O=C(Nc1ccccc1)C(F)=C1CCCCC1. The molecular formula is C14H16FNO. The van der Waals surface area contributed by atoms with Gasteiger partial charge in [-0.25, -0.2) is 4.39 Å². The van der Waals surface area contributed by atoms with Gasteiger partial charge >= 0.3 is 0 Å². The highest BCUT2D eigenvalue weighted by Gasteiger charge is 2.17. The molecule has 2 rings (SSSR count). The van der Waals surface area contributed by atoms with E-state index in [-0.39, 0.29) is 0 Å². The summed E-state index contributed by atoms with van der Waals surface area (Å²) >= 11 is 0. The van der Waals surface area contributed by atoms with Gasteiger partial charge in [0.15, 0.2) is 5.83 Å². The minimum atomic E-state index is -0.617. The van der Waals surface area contributed by atoms with Gasteiger partial charge in [0.1, 0.15) is 0 Å². The quantitative estimate of drug-likeness (QED) is 0.773. The molecule has 1 fully saturated rings. The monoisotopic (exact) mass is 233 g/mol. The number of nitrogens with one attached hydrogen (secondary N) is 1. The highest BCUT2D eigenvalue weighted by Crippen LogP contribution is 2.26. The molecular weight excluding hydrogens is 217 g/mol. The Kier molecular flexibility index (Phi) is 3.91. The molecule has 1 N–H and O–H groups in total. The minimum absolute atomic E-state index is 0.589. The molecule has 0 radical (unpaired) electrons. The van der Waals surface area contributed by atoms with E-state index in [1.807, 2.05) is 6.07 Å². The van der Waals surface area contributed by atoms with E-state index in [9.17, 15) is 9.18 Å². The third-order valence-corrected chi connectivity index (χ3v) is 3.00. The Bertz CT molecular complexity index is 417. The molecule has 0 heterocycles. The van der Waals surface area contributed by atoms with Gasteiger partial charge in [0.05, 0.1) is 0 Å². The van der Waals surface area contributed by atoms with Crippen LogP contribution in [-0.2, 0) is 4.79 Å². The summed E-state index contributed by atoms with van der Waals surface area (Å²) in [6, 6.07) is 8.96. The van der Waals surface area contributed by atoms with Crippen LogP contribution in [0.1, 0.15) is 32.1 Å². The molecule has 0 aromatic heterocycles. The topological polar surface area (TPSA) is 29.1 Å². The highest BCUT2D eigenvalue weighted by molar-refractivity contribution is 6.02. The molecule has 0 atom stereocenters. The maximum Gasteiger partial charge on any atom is 0.284 e. The Labute approximate surface area is 101 Å². The largest absolute Gasteiger partial charge is 0.320 e. The summed E-state index contributed by atoms with van der Waals surface area (Å²) in [6.07, 6.45) is 4.54. The number of rotatable bonds is 2. The van der Waals surface area contributed by atoms with Crippen molar-refractivity contribution in [2.45, 2.75) is 32.1 Å². The molecule has 0 saturated heterocycles. The van der Waals surface area contributed by atoms with Crippen LogP contribution in [0.25, 0.3) is 0 Å². The minimum Gasteiger partial charge on any atom is -0.320 e. The van der Waals surface area contributed by atoms with Gasteiger partial charge in [-0.3, -0.25) is 4.79 Å². The van der Waals surface area contributed by atoms with Crippen molar-refractivity contribution < 1.29 is 9.18 Å². The number of para-hydroxylation sites is 1. The maximum atomic E-state index is 13.8. The van der Waals surface area contributed by atoms with Gasteiger partial charge in [-0.15, -0.1) is 0 Å². The van der Waals surface area contributed by atoms with Crippen LogP contribution in [0.4, 0.5) is 10.1 Å². The highest BCUT2D eigenvalue weighted by atomic mass is 19.1. The fourth-order valence-electron chi connectivity index (χ4n) is 2.07. The second kappa shape index (κ2) is 5.62. The summed E-state index contributed by atoms with van der Waals surface area (Å²) < 4.78 is 13.8. The molecule has 0 aliphatic heterocycles. The predicted molar refractivity (Wildman–Crippen MR) is 66.3 cm³/mol. The van der Waals surface area contributed by atoms with Crippen molar-refractivity contribution in [2.24, 2.45) is 0 Å². The van der Waals surface area contributed by atoms with Crippen LogP contribution < -0.4 is 5.32 Å². The summed E-state index contributed by atoms with van der Waals surface area (Å²) in [7, 11) is 0. The third kappa shape index (κ3) is 3.16. The first-order valence-electron chi connectivity index (χ1n) is 6.01. The van der Waals surface area contributed by atoms with Crippen LogP contribution in [-0.4, -0.2) is 5.91 Å². The zero-order valence-corrected chi connectivity index (χ0v) is 9.71. The molecule has 1 aliphatic rings. The molecule has 3 heteroatoms. The fourth-order valence-corrected chi connectivity index (χ4v) is 2.07. The Morgan fingerprint density at radius 2 is 1.71 bits per heavy atom. The van der Waals surface area contributed by atoms with Crippen molar-refractivity contribution in [2.75, 3.05) is 5.32 Å². The second-order valence-corrected chi connectivity index (χ2v) is 4.30. The van der Waals surface area contributed by atoms with Crippen molar-refractivity contribution in [1.29, 1.82) is 0 Å². The lowest BCUT2D eigenvalue weighted by atomic mass is 9.94. The van der Waals surface area contributed by atoms with Gasteiger partial charge in [0.25, 0.3) is 5.91 Å². The van der Waals surface area contributed by atoms with Gasteiger partial charge in [0.2, 0.25) is 0 Å². The van der Waals surface area contributed by atoms with Crippen LogP contribution in [0.5, 0.6) is 0 Å². The number of hydrogen-bond acceptors (Lipinski definition) is 1. The van der Waals surface area contributed by atoms with E-state index in [1.54, 1.807) is 24.3 Å². The van der Waals surface area contributed by atoms with E-state index in [1.165, 1.54) is 0 Å². The second-order valence-electron chi connectivity index (χ2n) is 4.30. The first-order valence-corrected chi connectivity index (χ1v) is 6.01. The van der Waals surface area contributed by atoms with E-state index in [0.29, 0.717) is 24.1 Å². The van der Waals surface area contributed by atoms with Gasteiger partial charge in [0, 0.05) is 5.69 Å². The van der Waals surface area contributed by atoms with Crippen LogP contribution in [0.2, 0.25) is 0 Å². The van der Waals surface area contributed by atoms with Crippen molar-refractivity contribution in [1.82, 2.24) is 0 Å². The van der Waals surface area contributed by atoms with Crippen molar-refractivity contribution in [3.8, 4) is 0 Å². The van der Waals surface area contributed by atoms with Gasteiger partial charge in [-0.2, -0.15) is 0 Å². The predicted octanol–water partition coefficient (Wildman–Crippen LogP) is 3.81. The van der Waals surface area contributed by atoms with E-state index < -0.39 is 11.7 Å². The van der Waals surface area contributed by atoms with Gasteiger partial charge < -0.3 is 5.32 Å². The molecule has 1 saturated carbocycles. The Balaban J connectivity index is 2.04. The Morgan fingerprint density at radius 3 is 2.35 bits per heavy atom. The van der Waals surface area contributed by atoms with Crippen molar-refractivity contribution in [3.05, 3.63) is 41.7 Å². The molecule has 0 spiro atoms. The van der Waals surface area contributed by atoms with E-state index in [0.717, 1.165) is 19.3 Å². The molecule has 1 amide bonds. The number of halogens is 1. The summed E-state index contributed by atoms with van der Waals surface area (Å²) in [5, 5.41) is 2.57. The summed E-state index contributed by atoms with van der Waals surface area (Å²) in [4.78, 5) is 11.7. The first-order chi connectivity index (χ1) is 8.27. The molecule has 90 valence electrons. The smallest absolute Gasteiger partial charge is 0.284 e. The summed E-state index contributed by atoms with van der Waals surface area (Å²) in [5.41, 5.74) is 1.30. The molecule has 1 aromatic carbocycles. The molecule has 1 aliphatic carbocycles. The van der Waals surface area contributed by atoms with Crippen LogP contribution in [0.3, 0.4) is 0 Å². The van der Waals surface area contributed by atoms with E-state index in [4.69, 9.17) is 0 Å². The van der Waals surface area contributed by atoms with Crippen molar-refractivity contribution >= 4 is 11.6 Å². The van der Waals surface area contributed by atoms with Gasteiger partial charge in [-0.05, 0) is 43.4 Å². The lowest BCUT2D eigenvalue weighted by Crippen LogP contribution is -2.14. The summed E-state index contributed by atoms with van der Waals surface area (Å²) in [6.45, 7) is 0.